The van der Waals surface area contributed by atoms with Crippen molar-refractivity contribution in [1.82, 2.24) is 0 Å². The lowest BCUT2D eigenvalue weighted by atomic mass is 10.00. The highest BCUT2D eigenvalue weighted by molar-refractivity contribution is 7.14. The number of thiophene rings is 2. The van der Waals surface area contributed by atoms with E-state index < -0.39 is 11.9 Å². The van der Waals surface area contributed by atoms with E-state index in [1.165, 1.54) is 46.0 Å². The maximum Gasteiger partial charge on any atom is 0.348 e. The van der Waals surface area contributed by atoms with Crippen LogP contribution in [0.15, 0.2) is 17.5 Å². The lowest BCUT2D eigenvalue weighted by Gasteiger charge is -2.07. The van der Waals surface area contributed by atoms with E-state index in [4.69, 9.17) is 10.00 Å². The Kier molecular flexibility index (Phi) is 5.84. The van der Waals surface area contributed by atoms with Crippen LogP contribution in [0.2, 0.25) is 0 Å². The number of aryl methyl sites for hydroxylation is 2. The molecule has 0 bridgehead atoms. The third-order valence-corrected chi connectivity index (χ3v) is 6.12. The quantitative estimate of drug-likeness (QED) is 0.816. The van der Waals surface area contributed by atoms with Gasteiger partial charge in [0.25, 0.3) is 5.91 Å². The summed E-state index contributed by atoms with van der Waals surface area (Å²) in [5, 5.41) is 13.7. The number of carbonyl (C=O) groups excluding carboxylic acids is 2. The summed E-state index contributed by atoms with van der Waals surface area (Å²) >= 11 is 2.74. The van der Waals surface area contributed by atoms with Gasteiger partial charge in [-0.2, -0.15) is 5.26 Å². The normalized spacial score (nSPS) is 13.9. The topological polar surface area (TPSA) is 79.2 Å². The molecule has 0 saturated carbocycles. The van der Waals surface area contributed by atoms with Gasteiger partial charge in [0.2, 0.25) is 0 Å². The van der Waals surface area contributed by atoms with Crippen LogP contribution in [0, 0.1) is 11.3 Å². The van der Waals surface area contributed by atoms with Gasteiger partial charge in [-0.15, -0.1) is 22.7 Å². The Morgan fingerprint density at radius 1 is 1.24 bits per heavy atom. The van der Waals surface area contributed by atoms with Gasteiger partial charge < -0.3 is 10.1 Å². The van der Waals surface area contributed by atoms with Crippen LogP contribution in [0.25, 0.3) is 0 Å². The molecule has 1 N–H and O–H groups in total. The van der Waals surface area contributed by atoms with Crippen LogP contribution in [-0.2, 0) is 22.4 Å². The van der Waals surface area contributed by atoms with Crippen LogP contribution in [0.1, 0.15) is 51.4 Å². The van der Waals surface area contributed by atoms with Crippen molar-refractivity contribution < 1.29 is 14.3 Å². The first-order valence-corrected chi connectivity index (χ1v) is 9.93. The molecule has 130 valence electrons. The summed E-state index contributed by atoms with van der Waals surface area (Å²) in [7, 11) is 0. The second-order valence-electron chi connectivity index (χ2n) is 5.87. The highest BCUT2D eigenvalue weighted by Gasteiger charge is 2.18. The standard InChI is InChI=1S/C18H18N2O3S2/c19-10-13-7-8-24-17(13)20-16(21)11-23-18(22)15-9-12-5-3-1-2-4-6-14(12)25-15/h7-9H,1-6,11H2,(H,20,21). The zero-order valence-corrected chi connectivity index (χ0v) is 15.3. The van der Waals surface area contributed by atoms with Crippen LogP contribution in [0.3, 0.4) is 0 Å². The first kappa shape index (κ1) is 17.6. The Labute approximate surface area is 154 Å². The minimum atomic E-state index is -0.460. The Morgan fingerprint density at radius 2 is 2.04 bits per heavy atom. The molecule has 1 aliphatic rings. The third kappa shape index (κ3) is 4.47. The van der Waals surface area contributed by atoms with E-state index in [2.05, 4.69) is 5.32 Å². The van der Waals surface area contributed by atoms with Crippen molar-refractivity contribution in [2.45, 2.75) is 38.5 Å². The molecule has 0 atom stereocenters. The lowest BCUT2D eigenvalue weighted by molar-refractivity contribution is -0.119. The molecule has 2 aromatic heterocycles. The fraction of sp³-hybridized carbons (Fsp3) is 0.389. The summed E-state index contributed by atoms with van der Waals surface area (Å²) in [5.74, 6) is -0.902. The first-order valence-electron chi connectivity index (χ1n) is 8.23. The molecule has 7 heteroatoms. The summed E-state index contributed by atoms with van der Waals surface area (Å²) < 4.78 is 5.13. The molecule has 2 aromatic rings. The molecule has 0 unspecified atom stereocenters. The van der Waals surface area contributed by atoms with E-state index in [0.717, 1.165) is 25.7 Å². The molecule has 0 aliphatic heterocycles. The minimum Gasteiger partial charge on any atom is -0.451 e. The van der Waals surface area contributed by atoms with E-state index in [0.29, 0.717) is 15.4 Å². The average molecular weight is 374 g/mol. The Hall–Kier alpha value is -2.17. The van der Waals surface area contributed by atoms with E-state index in [1.54, 1.807) is 11.4 Å². The number of anilines is 1. The molecular formula is C18H18N2O3S2. The van der Waals surface area contributed by atoms with Gasteiger partial charge >= 0.3 is 5.97 Å². The number of carbonyl (C=O) groups is 2. The predicted octanol–water partition coefficient (Wildman–Crippen LogP) is 4.14. The van der Waals surface area contributed by atoms with Crippen molar-refractivity contribution in [3.63, 3.8) is 0 Å². The number of ether oxygens (including phenoxy) is 1. The van der Waals surface area contributed by atoms with Crippen molar-refractivity contribution in [1.29, 1.82) is 5.26 Å². The SMILES string of the molecule is N#Cc1ccsc1NC(=O)COC(=O)c1cc2c(s1)CCCCCC2. The molecule has 25 heavy (non-hydrogen) atoms. The maximum absolute atomic E-state index is 12.2. The maximum atomic E-state index is 12.2. The van der Waals surface area contributed by atoms with Crippen molar-refractivity contribution >= 4 is 39.6 Å². The molecule has 0 aromatic carbocycles. The number of nitrogens with one attached hydrogen (secondary N) is 1. The fourth-order valence-electron chi connectivity index (χ4n) is 2.80. The van der Waals surface area contributed by atoms with Crippen LogP contribution in [0.5, 0.6) is 0 Å². The van der Waals surface area contributed by atoms with E-state index >= 15 is 0 Å². The highest BCUT2D eigenvalue weighted by atomic mass is 32.1. The zero-order valence-electron chi connectivity index (χ0n) is 13.7. The number of fused-ring (bicyclic) bond motifs is 1. The molecule has 1 aliphatic carbocycles. The molecule has 1 amide bonds. The smallest absolute Gasteiger partial charge is 0.348 e. The second-order valence-corrected chi connectivity index (χ2v) is 7.93. The predicted molar refractivity (Wildman–Crippen MR) is 98.1 cm³/mol. The molecule has 0 saturated heterocycles. The second kappa shape index (κ2) is 8.28. The molecule has 2 heterocycles. The molecule has 5 nitrogen and oxygen atoms in total. The third-order valence-electron chi connectivity index (χ3n) is 4.07. The Balaban J connectivity index is 1.56. The molecule has 3 rings (SSSR count). The number of amides is 1. The minimum absolute atomic E-state index is 0.357. The van der Waals surface area contributed by atoms with E-state index in [1.807, 2.05) is 12.1 Å². The van der Waals surface area contributed by atoms with Crippen molar-refractivity contribution in [3.05, 3.63) is 38.4 Å². The summed E-state index contributed by atoms with van der Waals surface area (Å²) in [6.07, 6.45) is 6.82. The number of nitriles is 1. The molecule has 0 radical (unpaired) electrons. The van der Waals surface area contributed by atoms with Crippen LogP contribution >= 0.6 is 22.7 Å². The zero-order chi connectivity index (χ0) is 17.6. The first-order chi connectivity index (χ1) is 12.2. The summed E-state index contributed by atoms with van der Waals surface area (Å²) in [6.45, 7) is -0.357. The monoisotopic (exact) mass is 374 g/mol. The largest absolute Gasteiger partial charge is 0.451 e. The van der Waals surface area contributed by atoms with Gasteiger partial charge in [0.15, 0.2) is 6.61 Å². The van der Waals surface area contributed by atoms with Gasteiger partial charge in [0.1, 0.15) is 15.9 Å². The summed E-state index contributed by atoms with van der Waals surface area (Å²) in [6, 6.07) is 5.55. The van der Waals surface area contributed by atoms with Crippen LogP contribution < -0.4 is 5.32 Å². The molecular weight excluding hydrogens is 356 g/mol. The van der Waals surface area contributed by atoms with E-state index in [9.17, 15) is 9.59 Å². The number of esters is 1. The highest BCUT2D eigenvalue weighted by Crippen LogP contribution is 2.29. The summed E-state index contributed by atoms with van der Waals surface area (Å²) in [4.78, 5) is 26.0. The van der Waals surface area contributed by atoms with Crippen molar-refractivity contribution in [3.8, 4) is 6.07 Å². The Morgan fingerprint density at radius 3 is 2.84 bits per heavy atom. The van der Waals surface area contributed by atoms with E-state index in [-0.39, 0.29) is 6.61 Å². The number of rotatable bonds is 4. The van der Waals surface area contributed by atoms with Gasteiger partial charge in [-0.25, -0.2) is 4.79 Å². The van der Waals surface area contributed by atoms with Crippen molar-refractivity contribution in [2.75, 3.05) is 11.9 Å². The van der Waals surface area contributed by atoms with Gasteiger partial charge in [-0.05, 0) is 48.8 Å². The van der Waals surface area contributed by atoms with Crippen molar-refractivity contribution in [2.24, 2.45) is 0 Å². The average Bonchev–Trinajstić information content (AvgIpc) is 3.19. The number of hydrogen-bond donors (Lipinski definition) is 1. The summed E-state index contributed by atoms with van der Waals surface area (Å²) in [5.41, 5.74) is 1.65. The lowest BCUT2D eigenvalue weighted by Crippen LogP contribution is -2.20. The van der Waals surface area contributed by atoms with Gasteiger partial charge in [-0.1, -0.05) is 12.8 Å². The van der Waals surface area contributed by atoms with Crippen LogP contribution in [-0.4, -0.2) is 18.5 Å². The fourth-order valence-corrected chi connectivity index (χ4v) is 4.70. The van der Waals surface area contributed by atoms with Gasteiger partial charge in [0.05, 0.1) is 5.56 Å². The number of hydrogen-bond acceptors (Lipinski definition) is 6. The molecule has 0 spiro atoms. The number of nitrogens with zero attached hydrogens (tertiary/aromatic N) is 1. The molecule has 0 fully saturated rings. The van der Waals surface area contributed by atoms with Gasteiger partial charge in [0, 0.05) is 4.88 Å². The Bertz CT molecular complexity index is 791. The van der Waals surface area contributed by atoms with Gasteiger partial charge in [-0.3, -0.25) is 4.79 Å². The van der Waals surface area contributed by atoms with Crippen LogP contribution in [0.4, 0.5) is 5.00 Å².